The second-order valence-electron chi connectivity index (χ2n) is 6.83. The lowest BCUT2D eigenvalue weighted by atomic mass is 9.67. The predicted octanol–water partition coefficient (Wildman–Crippen LogP) is 3.50. The van der Waals surface area contributed by atoms with Gasteiger partial charge < -0.3 is 10.8 Å². The molecule has 2 aromatic carbocycles. The first-order valence-corrected chi connectivity index (χ1v) is 7.49. The van der Waals surface area contributed by atoms with E-state index in [0.29, 0.717) is 0 Å². The smallest absolute Gasteiger partial charge is 0.0923 e. The molecule has 0 aromatic heterocycles. The summed E-state index contributed by atoms with van der Waals surface area (Å²) < 4.78 is 0. The topological polar surface area (TPSA) is 46.2 Å². The SMILES string of the molecule is CC1(C)c2ccccc2[C@@H](N)C1[C@@](C)(O)c1ccccc1. The fourth-order valence-electron chi connectivity index (χ4n) is 4.18. The Morgan fingerprint density at radius 2 is 1.57 bits per heavy atom. The average molecular weight is 281 g/mol. The van der Waals surface area contributed by atoms with Crippen LogP contribution in [0.2, 0.25) is 0 Å². The molecular weight excluding hydrogens is 258 g/mol. The van der Waals surface area contributed by atoms with Gasteiger partial charge in [0.25, 0.3) is 0 Å². The molecule has 3 atom stereocenters. The molecule has 1 aliphatic rings. The number of hydrogen-bond donors (Lipinski definition) is 2. The van der Waals surface area contributed by atoms with E-state index in [9.17, 15) is 5.11 Å². The first-order valence-electron chi connectivity index (χ1n) is 7.49. The Morgan fingerprint density at radius 3 is 2.19 bits per heavy atom. The molecule has 0 fully saturated rings. The Labute approximate surface area is 126 Å². The summed E-state index contributed by atoms with van der Waals surface area (Å²) in [5.41, 5.74) is 8.72. The number of rotatable bonds is 2. The summed E-state index contributed by atoms with van der Waals surface area (Å²) in [5, 5.41) is 11.3. The highest BCUT2D eigenvalue weighted by molar-refractivity contribution is 5.45. The van der Waals surface area contributed by atoms with Gasteiger partial charge in [-0.15, -0.1) is 0 Å². The van der Waals surface area contributed by atoms with Crippen molar-refractivity contribution >= 4 is 0 Å². The van der Waals surface area contributed by atoms with Crippen molar-refractivity contribution in [3.8, 4) is 0 Å². The molecule has 3 N–H and O–H groups in total. The summed E-state index contributed by atoms with van der Waals surface area (Å²) in [4.78, 5) is 0. The molecule has 0 spiro atoms. The van der Waals surface area contributed by atoms with E-state index in [4.69, 9.17) is 5.73 Å². The summed E-state index contributed by atoms with van der Waals surface area (Å²) in [6.07, 6.45) is 0. The molecule has 110 valence electrons. The van der Waals surface area contributed by atoms with Crippen LogP contribution in [0.3, 0.4) is 0 Å². The van der Waals surface area contributed by atoms with Gasteiger partial charge in [0.2, 0.25) is 0 Å². The maximum atomic E-state index is 11.3. The molecule has 0 saturated heterocycles. The van der Waals surface area contributed by atoms with Crippen molar-refractivity contribution in [3.05, 3.63) is 71.3 Å². The Morgan fingerprint density at radius 1 is 1.00 bits per heavy atom. The van der Waals surface area contributed by atoms with Crippen LogP contribution >= 0.6 is 0 Å². The molecule has 21 heavy (non-hydrogen) atoms. The zero-order valence-corrected chi connectivity index (χ0v) is 12.9. The Balaban J connectivity index is 2.12. The minimum Gasteiger partial charge on any atom is -0.385 e. The Hall–Kier alpha value is -1.64. The van der Waals surface area contributed by atoms with Crippen LogP contribution in [0.25, 0.3) is 0 Å². The van der Waals surface area contributed by atoms with Crippen LogP contribution in [0.4, 0.5) is 0 Å². The fourth-order valence-corrected chi connectivity index (χ4v) is 4.18. The van der Waals surface area contributed by atoms with E-state index in [1.54, 1.807) is 0 Å². The van der Waals surface area contributed by atoms with Gasteiger partial charge in [0, 0.05) is 12.0 Å². The van der Waals surface area contributed by atoms with Crippen molar-refractivity contribution in [2.45, 2.75) is 37.8 Å². The third-order valence-electron chi connectivity index (χ3n) is 5.11. The molecule has 0 bridgehead atoms. The standard InChI is InChI=1S/C19H23NO/c1-18(2)15-12-8-7-11-14(15)16(20)17(18)19(3,21)13-9-5-4-6-10-13/h4-12,16-17,21H,20H2,1-3H3/t16-,17?,19+/m1/s1. The summed E-state index contributed by atoms with van der Waals surface area (Å²) in [5.74, 6) is -0.0650. The van der Waals surface area contributed by atoms with Crippen molar-refractivity contribution in [3.63, 3.8) is 0 Å². The van der Waals surface area contributed by atoms with Crippen molar-refractivity contribution in [2.24, 2.45) is 11.7 Å². The zero-order chi connectivity index (χ0) is 15.3. The van der Waals surface area contributed by atoms with Gasteiger partial charge in [-0.1, -0.05) is 68.4 Å². The van der Waals surface area contributed by atoms with E-state index in [0.717, 1.165) is 11.1 Å². The van der Waals surface area contributed by atoms with Crippen LogP contribution in [0.15, 0.2) is 54.6 Å². The van der Waals surface area contributed by atoms with Crippen molar-refractivity contribution in [2.75, 3.05) is 0 Å². The molecule has 0 saturated carbocycles. The maximum absolute atomic E-state index is 11.3. The van der Waals surface area contributed by atoms with E-state index in [-0.39, 0.29) is 17.4 Å². The zero-order valence-electron chi connectivity index (χ0n) is 12.9. The van der Waals surface area contributed by atoms with Crippen LogP contribution in [0.1, 0.15) is 43.5 Å². The molecule has 1 aliphatic carbocycles. The maximum Gasteiger partial charge on any atom is 0.0923 e. The van der Waals surface area contributed by atoms with Gasteiger partial charge in [0.05, 0.1) is 5.60 Å². The highest BCUT2D eigenvalue weighted by Gasteiger charge is 2.53. The first-order chi connectivity index (χ1) is 9.87. The highest BCUT2D eigenvalue weighted by Crippen LogP contribution is 2.54. The average Bonchev–Trinajstić information content (AvgIpc) is 2.68. The normalized spacial score (nSPS) is 26.1. The van der Waals surface area contributed by atoms with E-state index < -0.39 is 5.60 Å². The van der Waals surface area contributed by atoms with Crippen LogP contribution in [0, 0.1) is 5.92 Å². The van der Waals surface area contributed by atoms with Crippen LogP contribution in [0.5, 0.6) is 0 Å². The van der Waals surface area contributed by atoms with E-state index >= 15 is 0 Å². The third kappa shape index (κ3) is 2.02. The van der Waals surface area contributed by atoms with E-state index in [1.165, 1.54) is 5.56 Å². The van der Waals surface area contributed by atoms with Gasteiger partial charge in [-0.05, 0) is 29.0 Å². The van der Waals surface area contributed by atoms with E-state index in [1.807, 2.05) is 49.4 Å². The van der Waals surface area contributed by atoms with Gasteiger partial charge in [0.1, 0.15) is 0 Å². The number of nitrogens with two attached hydrogens (primary N) is 1. The van der Waals surface area contributed by atoms with E-state index in [2.05, 4.69) is 26.0 Å². The molecule has 2 aromatic rings. The number of aliphatic hydroxyl groups is 1. The minimum atomic E-state index is -0.969. The summed E-state index contributed by atoms with van der Waals surface area (Å²) >= 11 is 0. The Kier molecular flexibility index (Phi) is 3.19. The number of fused-ring (bicyclic) bond motifs is 1. The predicted molar refractivity (Wildman–Crippen MR) is 85.9 cm³/mol. The molecule has 0 amide bonds. The van der Waals surface area contributed by atoms with Gasteiger partial charge in [-0.25, -0.2) is 0 Å². The lowest BCUT2D eigenvalue weighted by Gasteiger charge is -2.41. The quantitative estimate of drug-likeness (QED) is 0.885. The summed E-state index contributed by atoms with van der Waals surface area (Å²) in [6.45, 7) is 6.25. The van der Waals surface area contributed by atoms with Crippen molar-refractivity contribution < 1.29 is 5.11 Å². The number of hydrogen-bond acceptors (Lipinski definition) is 2. The lowest BCUT2D eigenvalue weighted by molar-refractivity contribution is -0.0404. The molecule has 2 heteroatoms. The van der Waals surface area contributed by atoms with Crippen molar-refractivity contribution in [1.82, 2.24) is 0 Å². The number of benzene rings is 2. The van der Waals surface area contributed by atoms with Gasteiger partial charge in [-0.2, -0.15) is 0 Å². The Bertz CT molecular complexity index is 646. The van der Waals surface area contributed by atoms with Gasteiger partial charge in [0.15, 0.2) is 0 Å². The molecule has 2 nitrogen and oxygen atoms in total. The molecule has 0 radical (unpaired) electrons. The van der Waals surface area contributed by atoms with Crippen LogP contribution in [-0.4, -0.2) is 5.11 Å². The van der Waals surface area contributed by atoms with Crippen molar-refractivity contribution in [1.29, 1.82) is 0 Å². The lowest BCUT2D eigenvalue weighted by Crippen LogP contribution is -2.45. The third-order valence-corrected chi connectivity index (χ3v) is 5.11. The summed E-state index contributed by atoms with van der Waals surface area (Å²) in [7, 11) is 0. The molecular formula is C19H23NO. The highest BCUT2D eigenvalue weighted by atomic mass is 16.3. The van der Waals surface area contributed by atoms with Crippen LogP contribution < -0.4 is 5.73 Å². The molecule has 0 aliphatic heterocycles. The van der Waals surface area contributed by atoms with Crippen LogP contribution in [-0.2, 0) is 11.0 Å². The molecule has 1 unspecified atom stereocenters. The first kappa shape index (κ1) is 14.3. The minimum absolute atomic E-state index is 0.0650. The van der Waals surface area contributed by atoms with Gasteiger partial charge in [-0.3, -0.25) is 0 Å². The second-order valence-corrected chi connectivity index (χ2v) is 6.83. The fraction of sp³-hybridized carbons (Fsp3) is 0.368. The second kappa shape index (κ2) is 4.69. The largest absolute Gasteiger partial charge is 0.385 e. The molecule has 0 heterocycles. The summed E-state index contributed by atoms with van der Waals surface area (Å²) in [6, 6.07) is 18.0. The van der Waals surface area contributed by atoms with Gasteiger partial charge >= 0.3 is 0 Å². The monoisotopic (exact) mass is 281 g/mol. The molecule has 3 rings (SSSR count).